The zero-order valence-corrected chi connectivity index (χ0v) is 11.5. The van der Waals surface area contributed by atoms with Crippen LogP contribution >= 0.6 is 0 Å². The summed E-state index contributed by atoms with van der Waals surface area (Å²) in [5, 5.41) is 5.53. The predicted octanol–water partition coefficient (Wildman–Crippen LogP) is 1.13. The minimum absolute atomic E-state index is 1.33. The molecule has 0 aliphatic carbocycles. The smallest absolute Gasteiger partial charge is 0.0883 e. The van der Waals surface area contributed by atoms with E-state index < -0.39 is 0 Å². The van der Waals surface area contributed by atoms with Gasteiger partial charge in [0.2, 0.25) is 0 Å². The lowest BCUT2D eigenvalue weighted by Gasteiger charge is -2.13. The highest BCUT2D eigenvalue weighted by Crippen LogP contribution is 2.30. The van der Waals surface area contributed by atoms with Crippen molar-refractivity contribution in [1.29, 1.82) is 0 Å². The van der Waals surface area contributed by atoms with E-state index in [-0.39, 0.29) is 0 Å². The fourth-order valence-corrected chi connectivity index (χ4v) is 2.81. The Morgan fingerprint density at radius 2 is 1.00 bits per heavy atom. The monoisotopic (exact) mass is 230 g/mol. The first kappa shape index (κ1) is 11.4. The molecule has 18 heavy (non-hydrogen) atoms. The number of benzene rings is 3. The molecule has 0 amide bonds. The van der Waals surface area contributed by atoms with Gasteiger partial charge in [-0.2, -0.15) is 0 Å². The van der Waals surface area contributed by atoms with Gasteiger partial charge in [-0.25, -0.2) is 0 Å². The van der Waals surface area contributed by atoms with E-state index >= 15 is 0 Å². The standard InChI is InChI=1S/C16H16B2/c1-9-10(2)16-8-12(18)4-6-14(16)13-5-3-11(17)7-15(9)13/h3-8H,17-18H2,1-2H3. The highest BCUT2D eigenvalue weighted by molar-refractivity contribution is 6.35. The maximum atomic E-state index is 2.30. The second kappa shape index (κ2) is 3.91. The average Bonchev–Trinajstić information content (AvgIpc) is 2.36. The molecule has 0 saturated heterocycles. The summed E-state index contributed by atoms with van der Waals surface area (Å²) in [4.78, 5) is 0. The molecule has 0 fully saturated rings. The Kier molecular flexibility index (Phi) is 2.48. The van der Waals surface area contributed by atoms with Gasteiger partial charge in [-0.05, 0) is 46.5 Å². The average molecular weight is 230 g/mol. The van der Waals surface area contributed by atoms with E-state index in [4.69, 9.17) is 0 Å². The van der Waals surface area contributed by atoms with Crippen LogP contribution in [0, 0.1) is 13.8 Å². The second-order valence-electron chi connectivity index (χ2n) is 5.35. The number of fused-ring (bicyclic) bond motifs is 3. The molecule has 0 radical (unpaired) electrons. The molecule has 0 nitrogen and oxygen atoms in total. The van der Waals surface area contributed by atoms with E-state index in [1.807, 2.05) is 0 Å². The number of rotatable bonds is 0. The van der Waals surface area contributed by atoms with Gasteiger partial charge in [-0.1, -0.05) is 47.3 Å². The van der Waals surface area contributed by atoms with E-state index in [0.29, 0.717) is 0 Å². The third-order valence-electron chi connectivity index (χ3n) is 4.01. The Bertz CT molecular complexity index is 706. The maximum absolute atomic E-state index is 2.30. The van der Waals surface area contributed by atoms with Crippen molar-refractivity contribution in [2.24, 2.45) is 0 Å². The lowest BCUT2D eigenvalue weighted by molar-refractivity contribution is 1.42. The topological polar surface area (TPSA) is 0 Å². The Morgan fingerprint density at radius 3 is 1.39 bits per heavy atom. The lowest BCUT2D eigenvalue weighted by Crippen LogP contribution is -2.04. The third kappa shape index (κ3) is 1.56. The summed E-state index contributed by atoms with van der Waals surface area (Å²) in [6, 6.07) is 13.5. The molecule has 3 aromatic carbocycles. The van der Waals surface area contributed by atoms with Crippen LogP contribution in [0.1, 0.15) is 11.1 Å². The van der Waals surface area contributed by atoms with Crippen molar-refractivity contribution in [2.75, 3.05) is 0 Å². The molecule has 0 unspecified atom stereocenters. The lowest BCUT2D eigenvalue weighted by atomic mass is 9.85. The van der Waals surface area contributed by atoms with Crippen LogP contribution in [0.4, 0.5) is 0 Å². The molecular weight excluding hydrogens is 214 g/mol. The van der Waals surface area contributed by atoms with Crippen LogP contribution < -0.4 is 10.9 Å². The van der Waals surface area contributed by atoms with Crippen molar-refractivity contribution in [2.45, 2.75) is 13.8 Å². The SMILES string of the molecule is Bc1ccc2c(c1)c(C)c(C)c1cc(B)ccc12. The summed E-state index contributed by atoms with van der Waals surface area (Å²) in [6.45, 7) is 4.47. The summed E-state index contributed by atoms with van der Waals surface area (Å²) in [5.41, 5.74) is 5.48. The molecule has 0 atom stereocenters. The van der Waals surface area contributed by atoms with Gasteiger partial charge in [-0.15, -0.1) is 0 Å². The van der Waals surface area contributed by atoms with Crippen molar-refractivity contribution in [3.63, 3.8) is 0 Å². The third-order valence-corrected chi connectivity index (χ3v) is 4.01. The largest absolute Gasteiger partial charge is 0.139 e. The fourth-order valence-electron chi connectivity index (χ4n) is 2.81. The van der Waals surface area contributed by atoms with Gasteiger partial charge in [0.05, 0.1) is 0 Å². The zero-order chi connectivity index (χ0) is 12.9. The van der Waals surface area contributed by atoms with E-state index in [0.717, 1.165) is 0 Å². The highest BCUT2D eigenvalue weighted by Gasteiger charge is 2.08. The van der Waals surface area contributed by atoms with Crippen LogP contribution in [0.3, 0.4) is 0 Å². The summed E-state index contributed by atoms with van der Waals surface area (Å²) in [7, 11) is 4.32. The molecule has 0 spiro atoms. The molecule has 3 aromatic rings. The normalized spacial score (nSPS) is 11.2. The molecule has 0 saturated carbocycles. The Balaban J connectivity index is 2.62. The first-order chi connectivity index (χ1) is 8.58. The molecule has 3 rings (SSSR count). The van der Waals surface area contributed by atoms with Gasteiger partial charge in [-0.3, -0.25) is 0 Å². The van der Waals surface area contributed by atoms with Gasteiger partial charge in [0, 0.05) is 0 Å². The van der Waals surface area contributed by atoms with E-state index in [1.165, 1.54) is 43.6 Å². The van der Waals surface area contributed by atoms with Gasteiger partial charge in [0.25, 0.3) is 0 Å². The maximum Gasteiger partial charge on any atom is 0.139 e. The Morgan fingerprint density at radius 1 is 0.611 bits per heavy atom. The van der Waals surface area contributed by atoms with Crippen LogP contribution in [-0.4, -0.2) is 15.7 Å². The first-order valence-corrected chi connectivity index (χ1v) is 6.48. The summed E-state index contributed by atoms with van der Waals surface area (Å²) >= 11 is 0. The van der Waals surface area contributed by atoms with E-state index in [1.54, 1.807) is 0 Å². The van der Waals surface area contributed by atoms with Crippen molar-refractivity contribution in [3.8, 4) is 0 Å². The van der Waals surface area contributed by atoms with Crippen molar-refractivity contribution >= 4 is 48.2 Å². The van der Waals surface area contributed by atoms with Crippen LogP contribution in [0.2, 0.25) is 0 Å². The zero-order valence-electron chi connectivity index (χ0n) is 11.5. The van der Waals surface area contributed by atoms with Crippen molar-refractivity contribution in [1.82, 2.24) is 0 Å². The molecule has 0 heterocycles. The number of aryl methyl sites for hydroxylation is 2. The minimum atomic E-state index is 1.33. The molecular formula is C16H16B2. The van der Waals surface area contributed by atoms with Crippen molar-refractivity contribution in [3.05, 3.63) is 47.5 Å². The van der Waals surface area contributed by atoms with Gasteiger partial charge in [0.1, 0.15) is 15.7 Å². The molecule has 86 valence electrons. The van der Waals surface area contributed by atoms with Crippen LogP contribution in [0.15, 0.2) is 36.4 Å². The second-order valence-corrected chi connectivity index (χ2v) is 5.35. The van der Waals surface area contributed by atoms with E-state index in [9.17, 15) is 0 Å². The summed E-state index contributed by atoms with van der Waals surface area (Å²) < 4.78 is 0. The highest BCUT2D eigenvalue weighted by atomic mass is 14.1. The Labute approximate surface area is 110 Å². The number of hydrogen-bond donors (Lipinski definition) is 0. The van der Waals surface area contributed by atoms with Gasteiger partial charge in [0.15, 0.2) is 0 Å². The minimum Gasteiger partial charge on any atom is -0.0883 e. The Hall–Kier alpha value is -1.69. The summed E-state index contributed by atoms with van der Waals surface area (Å²) in [5.74, 6) is 0. The molecule has 2 heteroatoms. The number of hydrogen-bond acceptors (Lipinski definition) is 0. The van der Waals surface area contributed by atoms with Crippen molar-refractivity contribution < 1.29 is 0 Å². The first-order valence-electron chi connectivity index (χ1n) is 6.48. The molecule has 0 aromatic heterocycles. The van der Waals surface area contributed by atoms with Gasteiger partial charge >= 0.3 is 0 Å². The fraction of sp³-hybridized carbons (Fsp3) is 0.125. The quantitative estimate of drug-likeness (QED) is 0.401. The van der Waals surface area contributed by atoms with Crippen LogP contribution in [-0.2, 0) is 0 Å². The van der Waals surface area contributed by atoms with Crippen LogP contribution in [0.25, 0.3) is 21.5 Å². The summed E-state index contributed by atoms with van der Waals surface area (Å²) in [6.07, 6.45) is 0. The molecule has 0 aliphatic heterocycles. The van der Waals surface area contributed by atoms with Gasteiger partial charge < -0.3 is 0 Å². The predicted molar refractivity (Wildman–Crippen MR) is 87.3 cm³/mol. The molecule has 0 bridgehead atoms. The van der Waals surface area contributed by atoms with Crippen LogP contribution in [0.5, 0.6) is 0 Å². The van der Waals surface area contributed by atoms with E-state index in [2.05, 4.69) is 65.9 Å². The molecule has 0 aliphatic rings. The molecule has 0 N–H and O–H groups in total.